The van der Waals surface area contributed by atoms with Crippen LogP contribution in [0.4, 0.5) is 13.2 Å². The molecule has 1 atom stereocenters. The Labute approximate surface area is 160 Å². The molecule has 0 spiro atoms. The highest BCUT2D eigenvalue weighted by Gasteiger charge is 2.38. The lowest BCUT2D eigenvalue weighted by Gasteiger charge is -2.33. The number of hydrogen-bond donors (Lipinski definition) is 1. The maximum absolute atomic E-state index is 12.9. The summed E-state index contributed by atoms with van der Waals surface area (Å²) in [6.07, 6.45) is -3.24. The van der Waals surface area contributed by atoms with Gasteiger partial charge >= 0.3 is 12.1 Å². The van der Waals surface area contributed by atoms with E-state index in [1.54, 1.807) is 24.4 Å². The van der Waals surface area contributed by atoms with Crippen LogP contribution in [0.15, 0.2) is 29.2 Å². The van der Waals surface area contributed by atoms with E-state index in [-0.39, 0.29) is 17.9 Å². The first-order valence-corrected chi connectivity index (χ1v) is 10.0. The zero-order chi connectivity index (χ0) is 20.9. The average Bonchev–Trinajstić information content (AvgIpc) is 2.64. The van der Waals surface area contributed by atoms with Gasteiger partial charge in [-0.25, -0.2) is 8.42 Å². The molecule has 2 rings (SSSR count). The SMILES string of the molecule is Cc1ccc(S(=O)(=O)N2CCCC[C@H]2C(=O)OCC(=O)NCC(F)(F)F)cc1. The molecule has 0 radical (unpaired) electrons. The van der Waals surface area contributed by atoms with Gasteiger partial charge in [0.2, 0.25) is 10.0 Å². The quantitative estimate of drug-likeness (QED) is 0.706. The fraction of sp³-hybridized carbons (Fsp3) is 0.529. The summed E-state index contributed by atoms with van der Waals surface area (Å²) in [7, 11) is -3.96. The number of hydrogen-bond acceptors (Lipinski definition) is 5. The van der Waals surface area contributed by atoms with Gasteiger partial charge in [0.15, 0.2) is 6.61 Å². The van der Waals surface area contributed by atoms with Gasteiger partial charge in [-0.05, 0) is 38.3 Å². The third-order valence-electron chi connectivity index (χ3n) is 4.18. The summed E-state index contributed by atoms with van der Waals surface area (Å²) in [5, 5.41) is 1.58. The van der Waals surface area contributed by atoms with Crippen molar-refractivity contribution in [2.45, 2.75) is 43.3 Å². The Morgan fingerprint density at radius 3 is 2.46 bits per heavy atom. The zero-order valence-electron chi connectivity index (χ0n) is 15.2. The summed E-state index contributed by atoms with van der Waals surface area (Å²) < 4.78 is 67.8. The molecule has 0 bridgehead atoms. The molecule has 11 heteroatoms. The summed E-state index contributed by atoms with van der Waals surface area (Å²) >= 11 is 0. The van der Waals surface area contributed by atoms with Gasteiger partial charge in [-0.1, -0.05) is 17.7 Å². The number of nitrogens with zero attached hydrogens (tertiary/aromatic N) is 1. The van der Waals surface area contributed by atoms with E-state index in [4.69, 9.17) is 4.74 Å². The molecule has 1 aromatic carbocycles. The first kappa shape index (κ1) is 22.2. The Morgan fingerprint density at radius 1 is 1.21 bits per heavy atom. The van der Waals surface area contributed by atoms with Crippen molar-refractivity contribution in [3.63, 3.8) is 0 Å². The molecule has 0 saturated carbocycles. The molecule has 0 aliphatic carbocycles. The van der Waals surface area contributed by atoms with E-state index >= 15 is 0 Å². The van der Waals surface area contributed by atoms with Gasteiger partial charge in [0.05, 0.1) is 4.90 Å². The van der Waals surface area contributed by atoms with Crippen LogP contribution in [-0.2, 0) is 24.3 Å². The molecule has 28 heavy (non-hydrogen) atoms. The number of benzene rings is 1. The first-order valence-electron chi connectivity index (χ1n) is 8.59. The summed E-state index contributed by atoms with van der Waals surface area (Å²) in [6, 6.07) is 5.01. The molecular weight excluding hydrogens is 401 g/mol. The lowest BCUT2D eigenvalue weighted by molar-refractivity contribution is -0.155. The molecule has 1 saturated heterocycles. The second-order valence-corrected chi connectivity index (χ2v) is 8.33. The van der Waals surface area contributed by atoms with Crippen molar-refractivity contribution >= 4 is 21.9 Å². The van der Waals surface area contributed by atoms with Gasteiger partial charge in [0, 0.05) is 6.54 Å². The molecule has 1 aliphatic rings. The predicted octanol–water partition coefficient (Wildman–Crippen LogP) is 1.76. The van der Waals surface area contributed by atoms with E-state index in [1.807, 2.05) is 0 Å². The first-order chi connectivity index (χ1) is 13.0. The van der Waals surface area contributed by atoms with Crippen molar-refractivity contribution < 1.29 is 35.9 Å². The van der Waals surface area contributed by atoms with Crippen LogP contribution in [0.25, 0.3) is 0 Å². The van der Waals surface area contributed by atoms with Crippen LogP contribution in [-0.4, -0.2) is 56.5 Å². The molecule has 1 N–H and O–H groups in total. The van der Waals surface area contributed by atoms with Gasteiger partial charge < -0.3 is 10.1 Å². The van der Waals surface area contributed by atoms with Crippen LogP contribution in [0, 0.1) is 6.92 Å². The molecule has 156 valence electrons. The van der Waals surface area contributed by atoms with E-state index < -0.39 is 47.3 Å². The van der Waals surface area contributed by atoms with Crippen LogP contribution < -0.4 is 5.32 Å². The fourth-order valence-corrected chi connectivity index (χ4v) is 4.40. The number of alkyl halides is 3. The summed E-state index contributed by atoms with van der Waals surface area (Å²) in [5.74, 6) is -2.08. The molecule has 1 aliphatic heterocycles. The topological polar surface area (TPSA) is 92.8 Å². The van der Waals surface area contributed by atoms with Crippen molar-refractivity contribution in [2.24, 2.45) is 0 Å². The molecule has 1 aromatic rings. The summed E-state index contributed by atoms with van der Waals surface area (Å²) in [5.41, 5.74) is 0.874. The van der Waals surface area contributed by atoms with E-state index in [9.17, 15) is 31.2 Å². The van der Waals surface area contributed by atoms with Crippen LogP contribution in [0.5, 0.6) is 0 Å². The Morgan fingerprint density at radius 2 is 1.86 bits per heavy atom. The standard InChI is InChI=1S/C17H21F3N2O5S/c1-12-5-7-13(8-6-12)28(25,26)22-9-3-2-4-14(22)16(24)27-10-15(23)21-11-17(18,19)20/h5-8,14H,2-4,9-11H2,1H3,(H,21,23)/t14-/m0/s1. The van der Waals surface area contributed by atoms with E-state index in [1.165, 1.54) is 12.1 Å². The lowest BCUT2D eigenvalue weighted by Crippen LogP contribution is -2.49. The maximum atomic E-state index is 12.9. The summed E-state index contributed by atoms with van der Waals surface area (Å²) in [4.78, 5) is 23.7. The number of nitrogens with one attached hydrogen (secondary N) is 1. The van der Waals surface area contributed by atoms with E-state index in [0.717, 1.165) is 9.87 Å². The Kier molecular flexibility index (Phi) is 7.05. The highest BCUT2D eigenvalue weighted by atomic mass is 32.2. The van der Waals surface area contributed by atoms with Gasteiger partial charge in [-0.2, -0.15) is 17.5 Å². The Balaban J connectivity index is 2.04. The van der Waals surface area contributed by atoms with Crippen molar-refractivity contribution in [1.29, 1.82) is 0 Å². The minimum absolute atomic E-state index is 0.0284. The molecule has 0 unspecified atom stereocenters. The van der Waals surface area contributed by atoms with Gasteiger partial charge in [0.1, 0.15) is 12.6 Å². The molecule has 1 heterocycles. The Bertz CT molecular complexity index is 809. The lowest BCUT2D eigenvalue weighted by atomic mass is 10.1. The monoisotopic (exact) mass is 422 g/mol. The third kappa shape index (κ3) is 5.93. The maximum Gasteiger partial charge on any atom is 0.405 e. The second kappa shape index (κ2) is 8.91. The third-order valence-corrected chi connectivity index (χ3v) is 6.11. The number of carbonyl (C=O) groups excluding carboxylic acids is 2. The van der Waals surface area contributed by atoms with Crippen molar-refractivity contribution in [1.82, 2.24) is 9.62 Å². The largest absolute Gasteiger partial charge is 0.454 e. The van der Waals surface area contributed by atoms with E-state index in [2.05, 4.69) is 0 Å². The smallest absolute Gasteiger partial charge is 0.405 e. The predicted molar refractivity (Wildman–Crippen MR) is 92.7 cm³/mol. The van der Waals surface area contributed by atoms with E-state index in [0.29, 0.717) is 12.8 Å². The van der Waals surface area contributed by atoms with Crippen LogP contribution >= 0.6 is 0 Å². The van der Waals surface area contributed by atoms with Crippen LogP contribution in [0.2, 0.25) is 0 Å². The van der Waals surface area contributed by atoms with Crippen LogP contribution in [0.3, 0.4) is 0 Å². The van der Waals surface area contributed by atoms with Gasteiger partial charge in [-0.3, -0.25) is 9.59 Å². The average molecular weight is 422 g/mol. The van der Waals surface area contributed by atoms with Crippen LogP contribution in [0.1, 0.15) is 24.8 Å². The zero-order valence-corrected chi connectivity index (χ0v) is 16.0. The highest BCUT2D eigenvalue weighted by Crippen LogP contribution is 2.26. The molecular formula is C17H21F3N2O5S. The number of halogens is 3. The minimum Gasteiger partial charge on any atom is -0.454 e. The molecule has 1 amide bonds. The normalized spacial score (nSPS) is 18.5. The molecule has 1 fully saturated rings. The second-order valence-electron chi connectivity index (χ2n) is 6.44. The van der Waals surface area contributed by atoms with Crippen molar-refractivity contribution in [3.8, 4) is 0 Å². The number of sulfonamides is 1. The number of carbonyl (C=O) groups is 2. The Hall–Kier alpha value is -2.14. The number of ether oxygens (including phenoxy) is 1. The van der Waals surface area contributed by atoms with Crippen molar-refractivity contribution in [2.75, 3.05) is 19.7 Å². The fourth-order valence-electron chi connectivity index (χ4n) is 2.76. The number of aryl methyl sites for hydroxylation is 1. The number of esters is 1. The summed E-state index contributed by atoms with van der Waals surface area (Å²) in [6.45, 7) is -0.540. The minimum atomic E-state index is -4.58. The molecule has 7 nitrogen and oxygen atoms in total. The molecule has 0 aromatic heterocycles. The number of amides is 1. The number of rotatable bonds is 6. The van der Waals surface area contributed by atoms with Crippen molar-refractivity contribution in [3.05, 3.63) is 29.8 Å². The number of piperidine rings is 1. The van der Waals surface area contributed by atoms with Gasteiger partial charge in [0.25, 0.3) is 5.91 Å². The van der Waals surface area contributed by atoms with Gasteiger partial charge in [-0.15, -0.1) is 0 Å². The highest BCUT2D eigenvalue weighted by molar-refractivity contribution is 7.89.